The van der Waals surface area contributed by atoms with E-state index >= 15 is 0 Å². The van der Waals surface area contributed by atoms with Crippen molar-refractivity contribution in [2.75, 3.05) is 11.9 Å². The third-order valence-corrected chi connectivity index (χ3v) is 3.14. The predicted octanol–water partition coefficient (Wildman–Crippen LogP) is 2.93. The number of nitrogens with one attached hydrogen (secondary N) is 2. The first-order valence-electron chi connectivity index (χ1n) is 6.26. The highest BCUT2D eigenvalue weighted by molar-refractivity contribution is 5.77. The first-order chi connectivity index (χ1) is 9.36. The Balaban J connectivity index is 2.17. The average molecular weight is 290 g/mol. The first-order valence-corrected chi connectivity index (χ1v) is 6.26. The number of anilines is 1. The molecule has 0 spiro atoms. The highest BCUT2D eigenvalue weighted by atomic mass is 19.4. The van der Waals surface area contributed by atoms with E-state index < -0.39 is 17.6 Å². The Hall–Kier alpha value is -1.79. The van der Waals surface area contributed by atoms with E-state index in [0.29, 0.717) is 25.5 Å². The molecule has 1 aromatic rings. The van der Waals surface area contributed by atoms with Gasteiger partial charge in [0.25, 0.3) is 0 Å². The van der Waals surface area contributed by atoms with Crippen LogP contribution in [0.25, 0.3) is 0 Å². The summed E-state index contributed by atoms with van der Waals surface area (Å²) in [5.41, 5.74) is -1.14. The van der Waals surface area contributed by atoms with Gasteiger partial charge in [0, 0.05) is 19.0 Å². The van der Waals surface area contributed by atoms with Crippen LogP contribution in [0.1, 0.15) is 24.8 Å². The largest absolute Gasteiger partial charge is 0.416 e. The van der Waals surface area contributed by atoms with Crippen molar-refractivity contribution >= 4 is 11.6 Å². The van der Waals surface area contributed by atoms with Crippen molar-refractivity contribution in [3.05, 3.63) is 29.6 Å². The molecule has 3 nitrogen and oxygen atoms in total. The van der Waals surface area contributed by atoms with Crippen molar-refractivity contribution < 1.29 is 22.4 Å². The van der Waals surface area contributed by atoms with Gasteiger partial charge in [-0.05, 0) is 31.0 Å². The second-order valence-corrected chi connectivity index (χ2v) is 4.73. The minimum absolute atomic E-state index is 0.121. The Labute approximate surface area is 113 Å². The number of benzene rings is 1. The number of hydrogen-bond acceptors (Lipinski definition) is 2. The predicted molar refractivity (Wildman–Crippen MR) is 65.7 cm³/mol. The fraction of sp³-hybridized carbons (Fsp3) is 0.462. The van der Waals surface area contributed by atoms with Gasteiger partial charge in [0.15, 0.2) is 0 Å². The minimum atomic E-state index is -4.52. The maximum atomic E-state index is 13.6. The highest BCUT2D eigenvalue weighted by Crippen LogP contribution is 2.32. The van der Waals surface area contributed by atoms with E-state index in [1.807, 2.05) is 0 Å². The van der Waals surface area contributed by atoms with E-state index in [0.717, 1.165) is 12.1 Å². The number of carbonyl (C=O) groups is 1. The molecule has 1 unspecified atom stereocenters. The van der Waals surface area contributed by atoms with Crippen LogP contribution < -0.4 is 10.6 Å². The summed E-state index contributed by atoms with van der Waals surface area (Å²) in [4.78, 5) is 11.4. The monoisotopic (exact) mass is 290 g/mol. The summed E-state index contributed by atoms with van der Waals surface area (Å²) in [6.07, 6.45) is -3.11. The van der Waals surface area contributed by atoms with Crippen LogP contribution in [0.3, 0.4) is 0 Å². The van der Waals surface area contributed by atoms with Gasteiger partial charge in [-0.1, -0.05) is 0 Å². The van der Waals surface area contributed by atoms with E-state index in [-0.39, 0.29) is 24.1 Å². The van der Waals surface area contributed by atoms with Gasteiger partial charge in [0.2, 0.25) is 5.91 Å². The first kappa shape index (κ1) is 14.6. The van der Waals surface area contributed by atoms with Gasteiger partial charge in [-0.3, -0.25) is 4.79 Å². The summed E-state index contributed by atoms with van der Waals surface area (Å²) in [7, 11) is 0. The van der Waals surface area contributed by atoms with Crippen LogP contribution in [0, 0.1) is 5.82 Å². The van der Waals surface area contributed by atoms with Gasteiger partial charge in [-0.15, -0.1) is 0 Å². The summed E-state index contributed by atoms with van der Waals surface area (Å²) in [5.74, 6) is -0.949. The molecule has 7 heteroatoms. The van der Waals surface area contributed by atoms with Crippen LogP contribution in [-0.2, 0) is 11.0 Å². The second-order valence-electron chi connectivity index (χ2n) is 4.73. The zero-order valence-electron chi connectivity index (χ0n) is 10.6. The smallest absolute Gasteiger partial charge is 0.379 e. The topological polar surface area (TPSA) is 41.1 Å². The SMILES string of the molecule is O=C1CC(Nc2cc(C(F)(F)F)ccc2F)CCCN1. The maximum absolute atomic E-state index is 13.6. The summed E-state index contributed by atoms with van der Waals surface area (Å²) < 4.78 is 51.4. The lowest BCUT2D eigenvalue weighted by molar-refractivity contribution is -0.137. The van der Waals surface area contributed by atoms with Crippen molar-refractivity contribution in [1.29, 1.82) is 0 Å². The molecule has 1 saturated heterocycles. The Morgan fingerprint density at radius 3 is 2.75 bits per heavy atom. The molecule has 1 aliphatic rings. The number of amides is 1. The van der Waals surface area contributed by atoms with Gasteiger partial charge < -0.3 is 10.6 Å². The van der Waals surface area contributed by atoms with Crippen molar-refractivity contribution in [2.24, 2.45) is 0 Å². The van der Waals surface area contributed by atoms with Crippen molar-refractivity contribution in [2.45, 2.75) is 31.5 Å². The lowest BCUT2D eigenvalue weighted by Crippen LogP contribution is -2.27. The molecule has 0 aliphatic carbocycles. The number of alkyl halides is 3. The molecule has 0 aromatic heterocycles. The second kappa shape index (κ2) is 5.68. The molecular formula is C13H14F4N2O. The molecule has 110 valence electrons. The zero-order chi connectivity index (χ0) is 14.8. The van der Waals surface area contributed by atoms with E-state index in [4.69, 9.17) is 0 Å². The van der Waals surface area contributed by atoms with Crippen LogP contribution in [0.5, 0.6) is 0 Å². The van der Waals surface area contributed by atoms with Gasteiger partial charge in [0.05, 0.1) is 11.3 Å². The fourth-order valence-electron chi connectivity index (χ4n) is 2.13. The quantitative estimate of drug-likeness (QED) is 0.822. The molecule has 1 amide bonds. The lowest BCUT2D eigenvalue weighted by atomic mass is 10.1. The van der Waals surface area contributed by atoms with E-state index in [1.54, 1.807) is 0 Å². The number of carbonyl (C=O) groups excluding carboxylic acids is 1. The Morgan fingerprint density at radius 1 is 1.30 bits per heavy atom. The molecular weight excluding hydrogens is 276 g/mol. The fourth-order valence-corrected chi connectivity index (χ4v) is 2.13. The summed E-state index contributed by atoms with van der Waals surface area (Å²) >= 11 is 0. The standard InChI is InChI=1S/C13H14F4N2O/c14-10-4-3-8(13(15,16)17)6-11(10)19-9-2-1-5-18-12(20)7-9/h3-4,6,9,19H,1-2,5,7H2,(H,18,20). The van der Waals surface area contributed by atoms with Crippen LogP contribution in [-0.4, -0.2) is 18.5 Å². The molecule has 0 bridgehead atoms. The van der Waals surface area contributed by atoms with Crippen LogP contribution in [0.2, 0.25) is 0 Å². The summed E-state index contributed by atoms with van der Waals surface area (Å²) in [6, 6.07) is 1.84. The molecule has 1 heterocycles. The zero-order valence-corrected chi connectivity index (χ0v) is 10.6. The van der Waals surface area contributed by atoms with Crippen molar-refractivity contribution in [3.8, 4) is 0 Å². The van der Waals surface area contributed by atoms with E-state index in [1.165, 1.54) is 0 Å². The summed E-state index contributed by atoms with van der Waals surface area (Å²) in [6.45, 7) is 0.530. The Bertz CT molecular complexity index is 502. The van der Waals surface area contributed by atoms with Gasteiger partial charge in [-0.2, -0.15) is 13.2 Å². The molecule has 1 atom stereocenters. The normalized spacial score (nSPS) is 20.2. The molecule has 0 saturated carbocycles. The lowest BCUT2D eigenvalue weighted by Gasteiger charge is -2.18. The van der Waals surface area contributed by atoms with Gasteiger partial charge in [0.1, 0.15) is 5.82 Å². The molecule has 1 fully saturated rings. The van der Waals surface area contributed by atoms with E-state index in [2.05, 4.69) is 10.6 Å². The van der Waals surface area contributed by atoms with Crippen LogP contribution in [0.4, 0.5) is 23.2 Å². The van der Waals surface area contributed by atoms with Crippen molar-refractivity contribution in [1.82, 2.24) is 5.32 Å². The number of hydrogen-bond donors (Lipinski definition) is 2. The number of rotatable bonds is 2. The Morgan fingerprint density at radius 2 is 2.05 bits per heavy atom. The third kappa shape index (κ3) is 3.61. The van der Waals surface area contributed by atoms with Crippen LogP contribution >= 0.6 is 0 Å². The highest BCUT2D eigenvalue weighted by Gasteiger charge is 2.31. The van der Waals surface area contributed by atoms with Crippen molar-refractivity contribution in [3.63, 3.8) is 0 Å². The van der Waals surface area contributed by atoms with Gasteiger partial charge in [-0.25, -0.2) is 4.39 Å². The third-order valence-electron chi connectivity index (χ3n) is 3.14. The maximum Gasteiger partial charge on any atom is 0.416 e. The minimum Gasteiger partial charge on any atom is -0.379 e. The summed E-state index contributed by atoms with van der Waals surface area (Å²) in [5, 5.41) is 5.35. The molecule has 2 N–H and O–H groups in total. The molecule has 0 radical (unpaired) electrons. The van der Waals surface area contributed by atoms with E-state index in [9.17, 15) is 22.4 Å². The Kier molecular flexibility index (Phi) is 4.15. The average Bonchev–Trinajstić information content (AvgIpc) is 2.55. The number of halogens is 4. The van der Waals surface area contributed by atoms with Crippen LogP contribution in [0.15, 0.2) is 18.2 Å². The molecule has 1 aliphatic heterocycles. The van der Waals surface area contributed by atoms with Gasteiger partial charge >= 0.3 is 6.18 Å². The molecule has 20 heavy (non-hydrogen) atoms. The molecule has 1 aromatic carbocycles. The molecule has 2 rings (SSSR count).